The summed E-state index contributed by atoms with van der Waals surface area (Å²) >= 11 is 1.40. The molecule has 1 fully saturated rings. The van der Waals surface area contributed by atoms with E-state index in [1.165, 1.54) is 11.3 Å². The van der Waals surface area contributed by atoms with Gasteiger partial charge in [-0.1, -0.05) is 0 Å². The molecule has 2 aromatic heterocycles. The Labute approximate surface area is 126 Å². The molecule has 1 aliphatic rings. The summed E-state index contributed by atoms with van der Waals surface area (Å²) in [5, 5.41) is 5.50. The zero-order chi connectivity index (χ0) is 14.7. The number of nitrogens with two attached hydrogens (primary N) is 1. The zero-order valence-electron chi connectivity index (χ0n) is 11.5. The Balaban J connectivity index is 1.64. The van der Waals surface area contributed by atoms with Crippen molar-refractivity contribution in [1.29, 1.82) is 0 Å². The molecule has 1 saturated carbocycles. The summed E-state index contributed by atoms with van der Waals surface area (Å²) in [4.78, 5) is 24.7. The fourth-order valence-corrected chi connectivity index (χ4v) is 3.19. The fourth-order valence-electron chi connectivity index (χ4n) is 2.43. The molecule has 0 aliphatic heterocycles. The number of amides is 1. The van der Waals surface area contributed by atoms with Crippen molar-refractivity contribution in [2.75, 3.05) is 0 Å². The minimum atomic E-state index is -0.123. The first-order valence-electron chi connectivity index (χ1n) is 7.01. The minimum Gasteiger partial charge on any atom is -0.348 e. The third kappa shape index (κ3) is 3.43. The molecule has 7 heteroatoms. The zero-order valence-corrected chi connectivity index (χ0v) is 12.3. The molecule has 6 nitrogen and oxygen atoms in total. The lowest BCUT2D eigenvalue weighted by Gasteiger charge is -2.26. The lowest BCUT2D eigenvalue weighted by Crippen LogP contribution is -2.40. The molecule has 2 heterocycles. The molecule has 3 N–H and O–H groups in total. The predicted octanol–water partition coefficient (Wildman–Crippen LogP) is 1.60. The summed E-state index contributed by atoms with van der Waals surface area (Å²) in [6, 6.07) is 0.486. The maximum Gasteiger partial charge on any atom is 0.270 e. The van der Waals surface area contributed by atoms with Crippen molar-refractivity contribution < 1.29 is 4.79 Å². The number of carbonyl (C=O) groups excluding carboxylic acids is 1. The molecule has 21 heavy (non-hydrogen) atoms. The van der Waals surface area contributed by atoms with E-state index in [0.29, 0.717) is 16.4 Å². The molecular formula is C14H17N5OS. The van der Waals surface area contributed by atoms with Gasteiger partial charge >= 0.3 is 0 Å². The lowest BCUT2D eigenvalue weighted by atomic mass is 9.92. The lowest BCUT2D eigenvalue weighted by molar-refractivity contribution is 0.0921. The molecule has 0 atom stereocenters. The summed E-state index contributed by atoms with van der Waals surface area (Å²) in [5.41, 5.74) is 7.00. The minimum absolute atomic E-state index is 0.123. The van der Waals surface area contributed by atoms with Crippen LogP contribution in [0.15, 0.2) is 24.0 Å². The van der Waals surface area contributed by atoms with Crippen molar-refractivity contribution in [3.8, 4) is 10.7 Å². The number of nitrogens with zero attached hydrogens (tertiary/aromatic N) is 3. The van der Waals surface area contributed by atoms with Crippen molar-refractivity contribution in [2.24, 2.45) is 5.73 Å². The highest BCUT2D eigenvalue weighted by atomic mass is 32.1. The third-order valence-corrected chi connectivity index (χ3v) is 4.49. The van der Waals surface area contributed by atoms with Gasteiger partial charge < -0.3 is 11.1 Å². The van der Waals surface area contributed by atoms with Crippen LogP contribution < -0.4 is 11.1 Å². The molecule has 0 spiro atoms. The van der Waals surface area contributed by atoms with Gasteiger partial charge in [0.05, 0.1) is 6.20 Å². The highest BCUT2D eigenvalue weighted by molar-refractivity contribution is 7.13. The first kappa shape index (κ1) is 14.1. The van der Waals surface area contributed by atoms with E-state index in [-0.39, 0.29) is 18.0 Å². The van der Waals surface area contributed by atoms with Crippen molar-refractivity contribution in [2.45, 2.75) is 37.8 Å². The molecule has 0 saturated heterocycles. The summed E-state index contributed by atoms with van der Waals surface area (Å²) in [7, 11) is 0. The number of rotatable bonds is 3. The van der Waals surface area contributed by atoms with Gasteiger partial charge in [-0.05, 0) is 25.7 Å². The number of thiazole rings is 1. The Morgan fingerprint density at radius 1 is 1.29 bits per heavy atom. The maximum atomic E-state index is 12.2. The third-order valence-electron chi connectivity index (χ3n) is 3.63. The van der Waals surface area contributed by atoms with Crippen LogP contribution in [0.25, 0.3) is 10.7 Å². The molecule has 0 aromatic carbocycles. The molecule has 0 bridgehead atoms. The van der Waals surface area contributed by atoms with E-state index in [1.54, 1.807) is 24.0 Å². The Bertz CT molecular complexity index is 607. The molecule has 0 unspecified atom stereocenters. The van der Waals surface area contributed by atoms with E-state index < -0.39 is 0 Å². The van der Waals surface area contributed by atoms with Crippen LogP contribution in [0.1, 0.15) is 36.2 Å². The van der Waals surface area contributed by atoms with Gasteiger partial charge in [-0.25, -0.2) is 4.98 Å². The van der Waals surface area contributed by atoms with Crippen molar-refractivity contribution in [3.63, 3.8) is 0 Å². The van der Waals surface area contributed by atoms with Crippen molar-refractivity contribution in [3.05, 3.63) is 29.7 Å². The van der Waals surface area contributed by atoms with Crippen LogP contribution in [0, 0.1) is 0 Å². The number of carbonyl (C=O) groups is 1. The Morgan fingerprint density at radius 2 is 2.10 bits per heavy atom. The van der Waals surface area contributed by atoms with Gasteiger partial charge in [-0.2, -0.15) is 0 Å². The van der Waals surface area contributed by atoms with E-state index in [4.69, 9.17) is 5.73 Å². The van der Waals surface area contributed by atoms with Crippen LogP contribution in [0.2, 0.25) is 0 Å². The Kier molecular flexibility index (Phi) is 4.21. The fraction of sp³-hybridized carbons (Fsp3) is 0.429. The SMILES string of the molecule is NC1CCC(NC(=O)c2csc(-c3cnccn3)n2)CC1. The summed E-state index contributed by atoms with van der Waals surface area (Å²) in [6.07, 6.45) is 8.67. The van der Waals surface area contributed by atoms with Crippen LogP contribution in [-0.4, -0.2) is 32.9 Å². The van der Waals surface area contributed by atoms with Gasteiger partial charge in [0.25, 0.3) is 5.91 Å². The summed E-state index contributed by atoms with van der Waals surface area (Å²) in [6.45, 7) is 0. The topological polar surface area (TPSA) is 93.8 Å². The monoisotopic (exact) mass is 303 g/mol. The molecule has 3 rings (SSSR count). The number of hydrogen-bond acceptors (Lipinski definition) is 6. The van der Waals surface area contributed by atoms with Crippen LogP contribution in [-0.2, 0) is 0 Å². The van der Waals surface area contributed by atoms with Crippen LogP contribution in [0.3, 0.4) is 0 Å². The standard InChI is InChI=1S/C14H17N5OS/c15-9-1-3-10(4-2-9)18-13(20)12-8-21-14(19-12)11-7-16-5-6-17-11/h5-10H,1-4,15H2,(H,18,20). The molecule has 0 radical (unpaired) electrons. The maximum absolute atomic E-state index is 12.2. The van der Waals surface area contributed by atoms with Crippen LogP contribution >= 0.6 is 11.3 Å². The van der Waals surface area contributed by atoms with Gasteiger partial charge in [0.15, 0.2) is 0 Å². The first-order chi connectivity index (χ1) is 10.2. The van der Waals surface area contributed by atoms with E-state index in [9.17, 15) is 4.79 Å². The quantitative estimate of drug-likeness (QED) is 0.898. The average molecular weight is 303 g/mol. The number of nitrogens with one attached hydrogen (secondary N) is 1. The van der Waals surface area contributed by atoms with Crippen LogP contribution in [0.4, 0.5) is 0 Å². The van der Waals surface area contributed by atoms with E-state index in [1.807, 2.05) is 0 Å². The van der Waals surface area contributed by atoms with E-state index in [2.05, 4.69) is 20.3 Å². The smallest absolute Gasteiger partial charge is 0.270 e. The van der Waals surface area contributed by atoms with Gasteiger partial charge in [-0.15, -0.1) is 11.3 Å². The van der Waals surface area contributed by atoms with Crippen molar-refractivity contribution in [1.82, 2.24) is 20.3 Å². The largest absolute Gasteiger partial charge is 0.348 e. The van der Waals surface area contributed by atoms with E-state index in [0.717, 1.165) is 25.7 Å². The van der Waals surface area contributed by atoms with Gasteiger partial charge in [-0.3, -0.25) is 14.8 Å². The molecule has 1 aliphatic carbocycles. The number of aromatic nitrogens is 3. The molecule has 2 aromatic rings. The normalized spacial score (nSPS) is 22.0. The summed E-state index contributed by atoms with van der Waals surface area (Å²) in [5.74, 6) is -0.123. The second kappa shape index (κ2) is 6.28. The first-order valence-corrected chi connectivity index (χ1v) is 7.88. The molecule has 110 valence electrons. The van der Waals surface area contributed by atoms with Gasteiger partial charge in [0, 0.05) is 29.9 Å². The summed E-state index contributed by atoms with van der Waals surface area (Å²) < 4.78 is 0. The van der Waals surface area contributed by atoms with Crippen LogP contribution in [0.5, 0.6) is 0 Å². The van der Waals surface area contributed by atoms with Crippen molar-refractivity contribution >= 4 is 17.2 Å². The highest BCUT2D eigenvalue weighted by Gasteiger charge is 2.21. The number of hydrogen-bond donors (Lipinski definition) is 2. The average Bonchev–Trinajstić information content (AvgIpc) is 3.00. The second-order valence-electron chi connectivity index (χ2n) is 5.21. The highest BCUT2D eigenvalue weighted by Crippen LogP contribution is 2.21. The second-order valence-corrected chi connectivity index (χ2v) is 6.07. The molecule has 1 amide bonds. The van der Waals surface area contributed by atoms with Gasteiger partial charge in [0.1, 0.15) is 16.4 Å². The van der Waals surface area contributed by atoms with Gasteiger partial charge in [0.2, 0.25) is 0 Å². The predicted molar refractivity (Wildman–Crippen MR) is 80.8 cm³/mol. The van der Waals surface area contributed by atoms with E-state index >= 15 is 0 Å². The Morgan fingerprint density at radius 3 is 2.81 bits per heavy atom. The molecular weight excluding hydrogens is 286 g/mol. The Hall–Kier alpha value is -1.86.